The van der Waals surface area contributed by atoms with Crippen LogP contribution in [0.1, 0.15) is 51.4 Å². The van der Waals surface area contributed by atoms with Gasteiger partial charge in [-0.05, 0) is 31.6 Å². The molecule has 2 rings (SSSR count). The number of amidine groups is 1. The van der Waals surface area contributed by atoms with Crippen LogP contribution in [0.15, 0.2) is 5.16 Å². The first-order valence-corrected chi connectivity index (χ1v) is 9.23. The molecule has 0 aromatic rings. The summed E-state index contributed by atoms with van der Waals surface area (Å²) in [6.45, 7) is 1.09. The Balaban J connectivity index is 2.09. The van der Waals surface area contributed by atoms with Crippen molar-refractivity contribution in [2.75, 3.05) is 13.1 Å². The molecule has 0 aromatic heterocycles. The second-order valence-electron chi connectivity index (χ2n) is 5.98. The minimum Gasteiger partial charge on any atom is -0.409 e. The van der Waals surface area contributed by atoms with Gasteiger partial charge in [0, 0.05) is 13.1 Å². The molecule has 2 fully saturated rings. The summed E-state index contributed by atoms with van der Waals surface area (Å²) < 4.78 is 29.1. The number of nitrogens with two attached hydrogens (primary N) is 1. The van der Waals surface area contributed by atoms with E-state index in [2.05, 4.69) is 9.88 Å². The molecule has 1 saturated carbocycles. The lowest BCUT2D eigenvalue weighted by atomic mass is 9.84. The fraction of sp³-hybridized carbons (Fsp3) is 0.923. The lowest BCUT2D eigenvalue weighted by Gasteiger charge is -2.33. The van der Waals surface area contributed by atoms with Crippen molar-refractivity contribution in [3.63, 3.8) is 0 Å². The maximum Gasteiger partial charge on any atom is 0.280 e. The molecule has 21 heavy (non-hydrogen) atoms. The van der Waals surface area contributed by atoms with Gasteiger partial charge in [0.25, 0.3) is 10.2 Å². The van der Waals surface area contributed by atoms with Crippen molar-refractivity contribution < 1.29 is 13.6 Å². The summed E-state index contributed by atoms with van der Waals surface area (Å²) in [5, 5.41) is 12.0. The fourth-order valence-electron chi connectivity index (χ4n) is 3.27. The van der Waals surface area contributed by atoms with Crippen LogP contribution < -0.4 is 10.5 Å². The van der Waals surface area contributed by atoms with Crippen LogP contribution in [0.2, 0.25) is 0 Å². The van der Waals surface area contributed by atoms with Crippen LogP contribution in [0, 0.1) is 5.92 Å². The quantitative estimate of drug-likeness (QED) is 0.304. The van der Waals surface area contributed by atoms with Gasteiger partial charge in [0.1, 0.15) is 0 Å². The van der Waals surface area contributed by atoms with Crippen LogP contribution in [0.25, 0.3) is 0 Å². The normalized spacial score (nSPS) is 24.9. The molecule has 1 saturated heterocycles. The monoisotopic (exact) mass is 318 g/mol. The van der Waals surface area contributed by atoms with Crippen LogP contribution in [0.5, 0.6) is 0 Å². The summed E-state index contributed by atoms with van der Waals surface area (Å²) in [5.74, 6) is 0.0664. The van der Waals surface area contributed by atoms with Gasteiger partial charge in [-0.25, -0.2) is 0 Å². The molecule has 1 heterocycles. The van der Waals surface area contributed by atoms with E-state index >= 15 is 0 Å². The van der Waals surface area contributed by atoms with E-state index in [1.54, 1.807) is 0 Å². The lowest BCUT2D eigenvalue weighted by Crippen LogP contribution is -2.54. The Kier molecular flexibility index (Phi) is 5.83. The number of nitrogens with zero attached hydrogens (tertiary/aromatic N) is 2. The molecule has 2 aliphatic rings. The topological polar surface area (TPSA) is 108 Å². The van der Waals surface area contributed by atoms with Crippen LogP contribution >= 0.6 is 0 Å². The molecule has 0 spiro atoms. The van der Waals surface area contributed by atoms with Crippen molar-refractivity contribution in [2.24, 2.45) is 16.8 Å². The SMILES string of the molecule is N/C(=N\O)C(NS(=O)(=O)N1CCCCC1)C1CCCCC1. The summed E-state index contributed by atoms with van der Waals surface area (Å²) in [6.07, 6.45) is 7.94. The number of rotatable bonds is 5. The highest BCUT2D eigenvalue weighted by molar-refractivity contribution is 7.87. The predicted octanol–water partition coefficient (Wildman–Crippen LogP) is 1.00. The molecular weight excluding hydrogens is 292 g/mol. The Hall–Kier alpha value is -0.860. The molecular formula is C13H26N4O3S. The average Bonchev–Trinajstić information content (AvgIpc) is 2.53. The summed E-state index contributed by atoms with van der Waals surface area (Å²) in [6, 6.07) is -0.609. The van der Waals surface area contributed by atoms with E-state index in [-0.39, 0.29) is 11.8 Å². The zero-order chi connectivity index (χ0) is 15.3. The molecule has 4 N–H and O–H groups in total. The van der Waals surface area contributed by atoms with E-state index in [0.29, 0.717) is 13.1 Å². The molecule has 122 valence electrons. The third kappa shape index (κ3) is 4.31. The Morgan fingerprint density at radius 3 is 2.29 bits per heavy atom. The van der Waals surface area contributed by atoms with Crippen molar-refractivity contribution in [2.45, 2.75) is 57.4 Å². The summed E-state index contributed by atoms with van der Waals surface area (Å²) in [5.41, 5.74) is 5.74. The van der Waals surface area contributed by atoms with Gasteiger partial charge in [-0.2, -0.15) is 17.4 Å². The largest absolute Gasteiger partial charge is 0.409 e. The van der Waals surface area contributed by atoms with Crippen molar-refractivity contribution in [1.29, 1.82) is 0 Å². The van der Waals surface area contributed by atoms with Gasteiger partial charge in [-0.15, -0.1) is 0 Å². The Bertz CT molecular complexity index is 454. The van der Waals surface area contributed by atoms with Crippen LogP contribution in [-0.4, -0.2) is 42.9 Å². The van der Waals surface area contributed by atoms with E-state index in [9.17, 15) is 8.42 Å². The van der Waals surface area contributed by atoms with Crippen molar-refractivity contribution >= 4 is 16.0 Å². The van der Waals surface area contributed by atoms with E-state index in [1.807, 2.05) is 0 Å². The maximum atomic E-state index is 12.5. The Morgan fingerprint density at radius 1 is 1.14 bits per heavy atom. The van der Waals surface area contributed by atoms with Gasteiger partial charge in [0.05, 0.1) is 6.04 Å². The smallest absolute Gasteiger partial charge is 0.280 e. The highest BCUT2D eigenvalue weighted by Gasteiger charge is 2.33. The maximum absolute atomic E-state index is 12.5. The first kappa shape index (κ1) is 16.5. The summed E-state index contributed by atoms with van der Waals surface area (Å²) >= 11 is 0. The number of hydrogen-bond acceptors (Lipinski definition) is 4. The van der Waals surface area contributed by atoms with Crippen molar-refractivity contribution in [1.82, 2.24) is 9.03 Å². The van der Waals surface area contributed by atoms with E-state index in [1.165, 1.54) is 4.31 Å². The van der Waals surface area contributed by atoms with Crippen LogP contribution in [0.3, 0.4) is 0 Å². The molecule has 1 unspecified atom stereocenters. The molecule has 1 aliphatic heterocycles. The zero-order valence-corrected chi connectivity index (χ0v) is 13.2. The van der Waals surface area contributed by atoms with Gasteiger partial charge in [-0.3, -0.25) is 0 Å². The Labute approximate surface area is 126 Å². The van der Waals surface area contributed by atoms with Crippen LogP contribution in [-0.2, 0) is 10.2 Å². The number of oxime groups is 1. The standard InChI is InChI=1S/C13H26N4O3S/c14-13(15-18)12(11-7-3-1-4-8-11)16-21(19,20)17-9-5-2-6-10-17/h11-12,16,18H,1-10H2,(H2,14,15). The lowest BCUT2D eigenvalue weighted by molar-refractivity contribution is 0.292. The first-order valence-electron chi connectivity index (χ1n) is 7.79. The average molecular weight is 318 g/mol. The highest BCUT2D eigenvalue weighted by Crippen LogP contribution is 2.27. The first-order chi connectivity index (χ1) is 10.0. The van der Waals surface area contributed by atoms with Gasteiger partial charge < -0.3 is 10.9 Å². The number of piperidine rings is 1. The Morgan fingerprint density at radius 2 is 1.71 bits per heavy atom. The molecule has 8 heteroatoms. The van der Waals surface area contributed by atoms with Gasteiger partial charge in [0.2, 0.25) is 0 Å². The van der Waals surface area contributed by atoms with Gasteiger partial charge in [0.15, 0.2) is 5.84 Å². The van der Waals surface area contributed by atoms with E-state index in [0.717, 1.165) is 51.4 Å². The molecule has 1 atom stereocenters. The third-order valence-corrected chi connectivity index (χ3v) is 6.08. The predicted molar refractivity (Wildman–Crippen MR) is 81.3 cm³/mol. The van der Waals surface area contributed by atoms with Crippen molar-refractivity contribution in [3.8, 4) is 0 Å². The van der Waals surface area contributed by atoms with Crippen LogP contribution in [0.4, 0.5) is 0 Å². The third-order valence-electron chi connectivity index (χ3n) is 4.49. The van der Waals surface area contributed by atoms with E-state index < -0.39 is 16.3 Å². The molecule has 0 bridgehead atoms. The zero-order valence-electron chi connectivity index (χ0n) is 12.4. The second-order valence-corrected chi connectivity index (χ2v) is 7.69. The van der Waals surface area contributed by atoms with Crippen molar-refractivity contribution in [3.05, 3.63) is 0 Å². The molecule has 0 aromatic carbocycles. The van der Waals surface area contributed by atoms with Gasteiger partial charge >= 0.3 is 0 Å². The molecule has 7 nitrogen and oxygen atoms in total. The molecule has 1 aliphatic carbocycles. The minimum atomic E-state index is -3.58. The van der Waals surface area contributed by atoms with E-state index in [4.69, 9.17) is 10.9 Å². The molecule has 0 radical (unpaired) electrons. The number of nitrogens with one attached hydrogen (secondary N) is 1. The van der Waals surface area contributed by atoms with Gasteiger partial charge in [-0.1, -0.05) is 30.8 Å². The fourth-order valence-corrected chi connectivity index (χ4v) is 4.79. The summed E-state index contributed by atoms with van der Waals surface area (Å²) in [7, 11) is -3.58. The minimum absolute atomic E-state index is 0.0394. The highest BCUT2D eigenvalue weighted by atomic mass is 32.2. The number of hydrogen-bond donors (Lipinski definition) is 3. The molecule has 0 amide bonds. The second kappa shape index (κ2) is 7.42. The summed E-state index contributed by atoms with van der Waals surface area (Å²) in [4.78, 5) is 0.